The lowest BCUT2D eigenvalue weighted by atomic mass is 9.97. The van der Waals surface area contributed by atoms with Crippen LogP contribution in [0.5, 0.6) is 0 Å². The van der Waals surface area contributed by atoms with Crippen LogP contribution in [0.2, 0.25) is 0 Å². The van der Waals surface area contributed by atoms with Crippen molar-refractivity contribution in [1.29, 1.82) is 0 Å². The van der Waals surface area contributed by atoms with E-state index in [4.69, 9.17) is 9.84 Å². The average Bonchev–Trinajstić information content (AvgIpc) is 2.59. The highest BCUT2D eigenvalue weighted by Gasteiger charge is 2.27. The molecule has 0 spiro atoms. The first-order chi connectivity index (χ1) is 11.3. The normalized spacial score (nSPS) is 16.7. The minimum atomic E-state index is -0.555. The van der Waals surface area contributed by atoms with Crippen molar-refractivity contribution in [2.45, 2.75) is 25.4 Å². The highest BCUT2D eigenvalue weighted by molar-refractivity contribution is 5.95. The molecular weight excluding hydrogens is 290 g/mol. The summed E-state index contributed by atoms with van der Waals surface area (Å²) in [5.74, 6) is -0.142. The highest BCUT2D eigenvalue weighted by Crippen LogP contribution is 2.28. The van der Waals surface area contributed by atoms with Gasteiger partial charge in [-0.2, -0.15) is 0 Å². The number of hydrogen-bond acceptors (Lipinski definition) is 3. The Bertz CT molecular complexity index is 684. The number of aryl methyl sites for hydroxylation is 1. The Kier molecular flexibility index (Phi) is 5.05. The minimum absolute atomic E-state index is 0.142. The number of anilines is 1. The second kappa shape index (κ2) is 7.40. The van der Waals surface area contributed by atoms with Crippen LogP contribution in [0.3, 0.4) is 0 Å². The summed E-state index contributed by atoms with van der Waals surface area (Å²) in [5.41, 5.74) is 3.99. The van der Waals surface area contributed by atoms with Crippen LogP contribution in [-0.2, 0) is 22.4 Å². The molecule has 0 saturated carbocycles. The third-order valence-corrected chi connectivity index (χ3v) is 4.05. The number of aliphatic hydroxyl groups is 1. The summed E-state index contributed by atoms with van der Waals surface area (Å²) in [6.07, 6.45) is 1.80. The molecule has 0 aliphatic carbocycles. The maximum Gasteiger partial charge on any atom is 0.258 e. The molecule has 1 aliphatic heterocycles. The summed E-state index contributed by atoms with van der Waals surface area (Å²) in [4.78, 5) is 12.6. The SMILES string of the molecule is O=C(Nc1cccc(CCCO)c1)[C@H]1OCCc2ccccc21. The van der Waals surface area contributed by atoms with Crippen molar-refractivity contribution in [3.8, 4) is 0 Å². The van der Waals surface area contributed by atoms with Crippen LogP contribution in [0, 0.1) is 0 Å². The van der Waals surface area contributed by atoms with Gasteiger partial charge in [0.25, 0.3) is 5.91 Å². The van der Waals surface area contributed by atoms with Gasteiger partial charge in [0.15, 0.2) is 6.10 Å². The van der Waals surface area contributed by atoms with Crippen LogP contribution in [0.25, 0.3) is 0 Å². The number of rotatable bonds is 5. The molecule has 2 N–H and O–H groups in total. The van der Waals surface area contributed by atoms with Gasteiger partial charge >= 0.3 is 0 Å². The fourth-order valence-corrected chi connectivity index (χ4v) is 2.91. The molecule has 4 heteroatoms. The summed E-state index contributed by atoms with van der Waals surface area (Å²) >= 11 is 0. The zero-order valence-electron chi connectivity index (χ0n) is 13.0. The van der Waals surface area contributed by atoms with E-state index in [1.54, 1.807) is 0 Å². The first kappa shape index (κ1) is 15.7. The summed E-state index contributed by atoms with van der Waals surface area (Å²) < 4.78 is 5.69. The van der Waals surface area contributed by atoms with Crippen LogP contribution in [0.1, 0.15) is 29.2 Å². The molecule has 1 amide bonds. The van der Waals surface area contributed by atoms with E-state index in [-0.39, 0.29) is 12.5 Å². The zero-order valence-corrected chi connectivity index (χ0v) is 13.0. The van der Waals surface area contributed by atoms with Gasteiger partial charge in [0.1, 0.15) is 0 Å². The highest BCUT2D eigenvalue weighted by atomic mass is 16.5. The number of benzene rings is 2. The molecule has 1 heterocycles. The third-order valence-electron chi connectivity index (χ3n) is 4.05. The van der Waals surface area contributed by atoms with E-state index < -0.39 is 6.10 Å². The maximum atomic E-state index is 12.6. The maximum absolute atomic E-state index is 12.6. The average molecular weight is 311 g/mol. The van der Waals surface area contributed by atoms with Crippen LogP contribution in [-0.4, -0.2) is 24.2 Å². The van der Waals surface area contributed by atoms with Crippen LogP contribution in [0.4, 0.5) is 5.69 Å². The molecular formula is C19H21NO3. The standard InChI is InChI=1S/C19H21NO3/c21-11-4-6-14-5-3-8-16(13-14)20-19(22)18-17-9-2-1-7-15(17)10-12-23-18/h1-3,5,7-9,13,18,21H,4,6,10-12H2,(H,20,22)/t18-/m0/s1. The van der Waals surface area contributed by atoms with Gasteiger partial charge in [-0.25, -0.2) is 0 Å². The molecule has 0 unspecified atom stereocenters. The smallest absolute Gasteiger partial charge is 0.258 e. The van der Waals surface area contributed by atoms with E-state index in [1.807, 2.05) is 48.5 Å². The number of amides is 1. The summed E-state index contributed by atoms with van der Waals surface area (Å²) in [6.45, 7) is 0.731. The fraction of sp³-hybridized carbons (Fsp3) is 0.316. The molecule has 0 saturated heterocycles. The first-order valence-corrected chi connectivity index (χ1v) is 7.98. The van der Waals surface area contributed by atoms with E-state index in [0.29, 0.717) is 6.61 Å². The fourth-order valence-electron chi connectivity index (χ4n) is 2.91. The number of aliphatic hydroxyl groups excluding tert-OH is 1. The molecule has 2 aromatic rings. The summed E-state index contributed by atoms with van der Waals surface area (Å²) in [6, 6.07) is 15.7. The topological polar surface area (TPSA) is 58.6 Å². The zero-order chi connectivity index (χ0) is 16.1. The Labute approximate surface area is 136 Å². The molecule has 23 heavy (non-hydrogen) atoms. The van der Waals surface area contributed by atoms with Gasteiger partial charge in [-0.3, -0.25) is 4.79 Å². The van der Waals surface area contributed by atoms with Crippen molar-refractivity contribution in [2.24, 2.45) is 0 Å². The Morgan fingerprint density at radius 1 is 1.22 bits per heavy atom. The number of hydrogen-bond donors (Lipinski definition) is 2. The van der Waals surface area contributed by atoms with Crippen molar-refractivity contribution in [3.63, 3.8) is 0 Å². The minimum Gasteiger partial charge on any atom is -0.396 e. The monoisotopic (exact) mass is 311 g/mol. The van der Waals surface area contributed by atoms with Gasteiger partial charge in [0.2, 0.25) is 0 Å². The van der Waals surface area contributed by atoms with E-state index in [2.05, 4.69) is 5.32 Å². The lowest BCUT2D eigenvalue weighted by Gasteiger charge is -2.25. The summed E-state index contributed by atoms with van der Waals surface area (Å²) in [5, 5.41) is 11.9. The largest absolute Gasteiger partial charge is 0.396 e. The predicted molar refractivity (Wildman–Crippen MR) is 89.3 cm³/mol. The van der Waals surface area contributed by atoms with E-state index >= 15 is 0 Å². The molecule has 2 aromatic carbocycles. The quantitative estimate of drug-likeness (QED) is 0.892. The molecule has 0 aromatic heterocycles. The van der Waals surface area contributed by atoms with Gasteiger partial charge < -0.3 is 15.2 Å². The number of carbonyl (C=O) groups excluding carboxylic acids is 1. The first-order valence-electron chi connectivity index (χ1n) is 7.98. The number of ether oxygens (including phenoxy) is 1. The van der Waals surface area contributed by atoms with Crippen LogP contribution in [0.15, 0.2) is 48.5 Å². The van der Waals surface area contributed by atoms with Gasteiger partial charge in [-0.05, 0) is 48.1 Å². The molecule has 0 fully saturated rings. The van der Waals surface area contributed by atoms with E-state index in [1.165, 1.54) is 5.56 Å². The number of carbonyl (C=O) groups is 1. The van der Waals surface area contributed by atoms with Gasteiger partial charge in [0.05, 0.1) is 6.61 Å². The lowest BCUT2D eigenvalue weighted by Crippen LogP contribution is -2.28. The molecule has 120 valence electrons. The summed E-state index contributed by atoms with van der Waals surface area (Å²) in [7, 11) is 0. The van der Waals surface area contributed by atoms with Crippen molar-refractivity contribution in [3.05, 3.63) is 65.2 Å². The Morgan fingerprint density at radius 3 is 2.96 bits per heavy atom. The molecule has 4 nitrogen and oxygen atoms in total. The second-order valence-electron chi connectivity index (χ2n) is 5.72. The van der Waals surface area contributed by atoms with Gasteiger partial charge in [-0.15, -0.1) is 0 Å². The van der Waals surface area contributed by atoms with Gasteiger partial charge in [0, 0.05) is 12.3 Å². The number of nitrogens with one attached hydrogen (secondary N) is 1. The Morgan fingerprint density at radius 2 is 2.09 bits per heavy atom. The molecule has 0 bridgehead atoms. The van der Waals surface area contributed by atoms with E-state index in [9.17, 15) is 4.79 Å². The number of fused-ring (bicyclic) bond motifs is 1. The van der Waals surface area contributed by atoms with Gasteiger partial charge in [-0.1, -0.05) is 36.4 Å². The van der Waals surface area contributed by atoms with Crippen molar-refractivity contribution >= 4 is 11.6 Å². The molecule has 1 aliphatic rings. The van der Waals surface area contributed by atoms with Crippen LogP contribution >= 0.6 is 0 Å². The van der Waals surface area contributed by atoms with Crippen LogP contribution < -0.4 is 5.32 Å². The molecule has 1 atom stereocenters. The molecule has 0 radical (unpaired) electrons. The van der Waals surface area contributed by atoms with E-state index in [0.717, 1.165) is 36.1 Å². The predicted octanol–water partition coefficient (Wildman–Crippen LogP) is 2.86. The van der Waals surface area contributed by atoms with Crippen molar-refractivity contribution in [2.75, 3.05) is 18.5 Å². The third kappa shape index (κ3) is 3.78. The lowest BCUT2D eigenvalue weighted by molar-refractivity contribution is -0.128. The van der Waals surface area contributed by atoms with Crippen molar-refractivity contribution < 1.29 is 14.6 Å². The second-order valence-corrected chi connectivity index (χ2v) is 5.72. The Balaban J connectivity index is 1.73. The molecule has 3 rings (SSSR count). The van der Waals surface area contributed by atoms with Crippen molar-refractivity contribution in [1.82, 2.24) is 0 Å². The Hall–Kier alpha value is -2.17.